The fraction of sp³-hybridized carbons (Fsp3) is 0.400. The lowest BCUT2D eigenvalue weighted by molar-refractivity contribution is -0.139. The molecule has 0 aliphatic rings. The van der Waals surface area contributed by atoms with E-state index in [2.05, 4.69) is 4.98 Å². The summed E-state index contributed by atoms with van der Waals surface area (Å²) >= 11 is 0. The second kappa shape index (κ2) is 4.65. The summed E-state index contributed by atoms with van der Waals surface area (Å²) in [6, 6.07) is 1.52. The van der Waals surface area contributed by atoms with Gasteiger partial charge in [0.2, 0.25) is 0 Å². The molecule has 0 spiro atoms. The molecule has 1 rings (SSSR count). The van der Waals surface area contributed by atoms with Crippen LogP contribution >= 0.6 is 0 Å². The Labute approximate surface area is 93.7 Å². The summed E-state index contributed by atoms with van der Waals surface area (Å²) < 4.78 is 62.9. The Morgan fingerprint density at radius 1 is 1.41 bits per heavy atom. The van der Waals surface area contributed by atoms with Crippen LogP contribution in [0.5, 0.6) is 0 Å². The van der Waals surface area contributed by atoms with Crippen LogP contribution in [0.15, 0.2) is 6.20 Å². The van der Waals surface area contributed by atoms with Crippen LogP contribution in [0, 0.1) is 18.3 Å². The monoisotopic (exact) mass is 250 g/mol. The predicted octanol–water partition coefficient (Wildman–Crippen LogP) is 3.41. The highest BCUT2D eigenvalue weighted by molar-refractivity contribution is 5.39. The minimum Gasteiger partial charge on any atom is -0.259 e. The van der Waals surface area contributed by atoms with Gasteiger partial charge in [-0.3, -0.25) is 4.98 Å². The number of hydrogen-bond acceptors (Lipinski definition) is 2. The maximum absolute atomic E-state index is 12.7. The van der Waals surface area contributed by atoms with E-state index < -0.39 is 41.4 Å². The molecular formula is C10H7F5N2. The highest BCUT2D eigenvalue weighted by atomic mass is 19.4. The third-order valence-corrected chi connectivity index (χ3v) is 2.22. The maximum atomic E-state index is 12.7. The lowest BCUT2D eigenvalue weighted by Gasteiger charge is -2.16. The van der Waals surface area contributed by atoms with Crippen molar-refractivity contribution in [2.45, 2.75) is 25.9 Å². The molecule has 7 heteroatoms. The van der Waals surface area contributed by atoms with E-state index >= 15 is 0 Å². The topological polar surface area (TPSA) is 36.7 Å². The molecule has 1 aromatic rings. The Kier molecular flexibility index (Phi) is 3.66. The normalized spacial score (nSPS) is 11.6. The minimum atomic E-state index is -4.80. The van der Waals surface area contributed by atoms with Gasteiger partial charge in [-0.1, -0.05) is 0 Å². The van der Waals surface area contributed by atoms with Crippen molar-refractivity contribution in [1.29, 1.82) is 5.26 Å². The zero-order chi connectivity index (χ0) is 13.2. The number of alkyl halides is 5. The van der Waals surface area contributed by atoms with Gasteiger partial charge in [0.05, 0.1) is 23.7 Å². The van der Waals surface area contributed by atoms with Gasteiger partial charge >= 0.3 is 6.18 Å². The Bertz CT molecular complexity index is 459. The molecule has 0 aliphatic heterocycles. The molecule has 92 valence electrons. The van der Waals surface area contributed by atoms with Crippen LogP contribution in [0.1, 0.15) is 28.8 Å². The molecule has 0 bridgehead atoms. The first-order valence-electron chi connectivity index (χ1n) is 4.49. The molecule has 17 heavy (non-hydrogen) atoms. The van der Waals surface area contributed by atoms with E-state index in [1.807, 2.05) is 0 Å². The smallest absolute Gasteiger partial charge is 0.259 e. The molecule has 0 aliphatic carbocycles. The Hall–Kier alpha value is -1.71. The van der Waals surface area contributed by atoms with Crippen LogP contribution < -0.4 is 0 Å². The number of pyridine rings is 1. The summed E-state index contributed by atoms with van der Waals surface area (Å²) in [5.74, 6) is 0. The first-order valence-corrected chi connectivity index (χ1v) is 4.49. The number of aromatic nitrogens is 1. The lowest BCUT2D eigenvalue weighted by Crippen LogP contribution is -2.15. The van der Waals surface area contributed by atoms with E-state index in [1.165, 1.54) is 6.07 Å². The molecule has 1 aromatic heterocycles. The SMILES string of the molecule is Cc1c(C(F)F)cnc(CC#N)c1C(F)(F)F. The molecule has 0 unspecified atom stereocenters. The molecule has 0 atom stereocenters. The van der Waals surface area contributed by atoms with E-state index in [0.29, 0.717) is 6.20 Å². The standard InChI is InChI=1S/C10H7F5N2/c1-5-6(9(11)12)4-17-7(2-3-16)8(5)10(13,14)15/h4,9H,2H2,1H3. The highest BCUT2D eigenvalue weighted by Crippen LogP contribution is 2.37. The third kappa shape index (κ3) is 2.70. The quantitative estimate of drug-likeness (QED) is 0.754. The largest absolute Gasteiger partial charge is 0.418 e. The van der Waals surface area contributed by atoms with Crippen molar-refractivity contribution in [1.82, 2.24) is 4.98 Å². The molecule has 1 heterocycles. The Morgan fingerprint density at radius 3 is 2.41 bits per heavy atom. The number of hydrogen-bond donors (Lipinski definition) is 0. The third-order valence-electron chi connectivity index (χ3n) is 2.22. The summed E-state index contributed by atoms with van der Waals surface area (Å²) in [7, 11) is 0. The fourth-order valence-corrected chi connectivity index (χ4v) is 1.47. The molecule has 0 saturated heterocycles. The number of nitriles is 1. The average molecular weight is 250 g/mol. The van der Waals surface area contributed by atoms with Gasteiger partial charge < -0.3 is 0 Å². The molecule has 0 fully saturated rings. The van der Waals surface area contributed by atoms with Crippen molar-refractivity contribution >= 4 is 0 Å². The van der Waals surface area contributed by atoms with Gasteiger partial charge in [-0.15, -0.1) is 0 Å². The van der Waals surface area contributed by atoms with Crippen LogP contribution in [0.25, 0.3) is 0 Å². The van der Waals surface area contributed by atoms with Gasteiger partial charge in [0, 0.05) is 11.8 Å². The number of rotatable bonds is 2. The maximum Gasteiger partial charge on any atom is 0.418 e. The van der Waals surface area contributed by atoms with Crippen molar-refractivity contribution in [3.05, 3.63) is 28.6 Å². The molecule has 0 amide bonds. The molecule has 0 radical (unpaired) electrons. The summed E-state index contributed by atoms with van der Waals surface area (Å²) in [6.07, 6.45) is -7.71. The summed E-state index contributed by atoms with van der Waals surface area (Å²) in [5, 5.41) is 8.37. The Morgan fingerprint density at radius 2 is 2.00 bits per heavy atom. The van der Waals surface area contributed by atoms with Gasteiger partial charge in [-0.05, 0) is 12.5 Å². The molecular weight excluding hydrogens is 243 g/mol. The highest BCUT2D eigenvalue weighted by Gasteiger charge is 2.37. The molecule has 0 saturated carbocycles. The summed E-state index contributed by atoms with van der Waals surface area (Å²) in [4.78, 5) is 3.29. The van der Waals surface area contributed by atoms with E-state index in [0.717, 1.165) is 6.92 Å². The molecule has 2 nitrogen and oxygen atoms in total. The van der Waals surface area contributed by atoms with E-state index in [9.17, 15) is 22.0 Å². The van der Waals surface area contributed by atoms with Crippen LogP contribution in [0.2, 0.25) is 0 Å². The second-order valence-electron chi connectivity index (χ2n) is 3.29. The number of halogens is 5. The molecule has 0 N–H and O–H groups in total. The second-order valence-corrected chi connectivity index (χ2v) is 3.29. The summed E-state index contributed by atoms with van der Waals surface area (Å²) in [5.41, 5.74) is -3.11. The Balaban J connectivity index is 3.49. The van der Waals surface area contributed by atoms with Crippen LogP contribution in [0.3, 0.4) is 0 Å². The van der Waals surface area contributed by atoms with Crippen molar-refractivity contribution in [3.8, 4) is 6.07 Å². The van der Waals surface area contributed by atoms with Gasteiger partial charge in [-0.2, -0.15) is 18.4 Å². The zero-order valence-corrected chi connectivity index (χ0v) is 8.65. The van der Waals surface area contributed by atoms with Gasteiger partial charge in [0.15, 0.2) is 0 Å². The first-order chi connectivity index (χ1) is 7.79. The molecule has 0 aromatic carbocycles. The van der Waals surface area contributed by atoms with E-state index in [-0.39, 0.29) is 0 Å². The van der Waals surface area contributed by atoms with Crippen molar-refractivity contribution in [2.75, 3.05) is 0 Å². The van der Waals surface area contributed by atoms with Crippen LogP contribution in [0.4, 0.5) is 22.0 Å². The van der Waals surface area contributed by atoms with E-state index in [4.69, 9.17) is 5.26 Å². The average Bonchev–Trinajstić information content (AvgIpc) is 2.15. The van der Waals surface area contributed by atoms with Crippen LogP contribution in [-0.4, -0.2) is 4.98 Å². The zero-order valence-electron chi connectivity index (χ0n) is 8.65. The van der Waals surface area contributed by atoms with Crippen molar-refractivity contribution < 1.29 is 22.0 Å². The van der Waals surface area contributed by atoms with Crippen LogP contribution in [-0.2, 0) is 12.6 Å². The lowest BCUT2D eigenvalue weighted by atomic mass is 10.0. The minimum absolute atomic E-state index is 0.526. The van der Waals surface area contributed by atoms with Crippen molar-refractivity contribution in [2.24, 2.45) is 0 Å². The van der Waals surface area contributed by atoms with Gasteiger partial charge in [-0.25, -0.2) is 8.78 Å². The van der Waals surface area contributed by atoms with Gasteiger partial charge in [0.1, 0.15) is 0 Å². The predicted molar refractivity (Wildman–Crippen MR) is 48.3 cm³/mol. The summed E-state index contributed by atoms with van der Waals surface area (Å²) in [6.45, 7) is 0.951. The van der Waals surface area contributed by atoms with Crippen molar-refractivity contribution in [3.63, 3.8) is 0 Å². The van der Waals surface area contributed by atoms with Gasteiger partial charge in [0.25, 0.3) is 6.43 Å². The fourth-order valence-electron chi connectivity index (χ4n) is 1.47. The first kappa shape index (κ1) is 13.4. The number of nitrogens with zero attached hydrogens (tertiary/aromatic N) is 2. The van der Waals surface area contributed by atoms with E-state index in [1.54, 1.807) is 0 Å².